The number of carbonyl (C=O) groups is 2. The van der Waals surface area contributed by atoms with Crippen LogP contribution in [-0.4, -0.2) is 44.8 Å². The minimum Gasteiger partial charge on any atom is -0.504 e. The standard InChI is InChI=1S/C30H35NO7/c1-16(2)15-38-30(34)27-17(3)31-21-11-20(18-8-10-24(35-4)26(13-18)37-6)12-23(33)29(21)28(27)19-7-9-22(32)25(14-19)36-5/h7-10,13-14,16,20,28,31-32H,11-12,15H2,1-6H3/t20-,28-/m0/s1. The van der Waals surface area contributed by atoms with Crippen LogP contribution < -0.4 is 19.5 Å². The van der Waals surface area contributed by atoms with E-state index in [1.165, 1.54) is 13.2 Å². The smallest absolute Gasteiger partial charge is 0.336 e. The summed E-state index contributed by atoms with van der Waals surface area (Å²) in [7, 11) is 4.63. The highest BCUT2D eigenvalue weighted by molar-refractivity contribution is 6.04. The summed E-state index contributed by atoms with van der Waals surface area (Å²) in [5, 5.41) is 13.6. The van der Waals surface area contributed by atoms with Gasteiger partial charge in [0.25, 0.3) is 0 Å². The molecule has 0 saturated heterocycles. The largest absolute Gasteiger partial charge is 0.504 e. The van der Waals surface area contributed by atoms with Crippen LogP contribution in [0.1, 0.15) is 56.6 Å². The van der Waals surface area contributed by atoms with Crippen molar-refractivity contribution in [2.24, 2.45) is 5.92 Å². The maximum absolute atomic E-state index is 13.8. The van der Waals surface area contributed by atoms with E-state index >= 15 is 0 Å². The van der Waals surface area contributed by atoms with Crippen LogP contribution in [-0.2, 0) is 14.3 Å². The highest BCUT2D eigenvalue weighted by Gasteiger charge is 2.41. The van der Waals surface area contributed by atoms with Gasteiger partial charge in [0, 0.05) is 29.3 Å². The van der Waals surface area contributed by atoms with Gasteiger partial charge in [-0.05, 0) is 60.6 Å². The number of rotatable bonds is 8. The summed E-state index contributed by atoms with van der Waals surface area (Å²) in [5.41, 5.74) is 3.97. The molecular formula is C30H35NO7. The third-order valence-electron chi connectivity index (χ3n) is 7.01. The highest BCUT2D eigenvalue weighted by Crippen LogP contribution is 2.47. The fourth-order valence-electron chi connectivity index (χ4n) is 5.18. The van der Waals surface area contributed by atoms with Gasteiger partial charge in [-0.3, -0.25) is 4.79 Å². The fraction of sp³-hybridized carbons (Fsp3) is 0.400. The first-order chi connectivity index (χ1) is 18.2. The number of methoxy groups -OCH3 is 3. The van der Waals surface area contributed by atoms with Crippen molar-refractivity contribution in [2.75, 3.05) is 27.9 Å². The quantitative estimate of drug-likeness (QED) is 0.469. The lowest BCUT2D eigenvalue weighted by molar-refractivity contribution is -0.140. The number of aromatic hydroxyl groups is 1. The van der Waals surface area contributed by atoms with Gasteiger partial charge in [0.05, 0.1) is 33.5 Å². The average Bonchev–Trinajstić information content (AvgIpc) is 2.90. The summed E-state index contributed by atoms with van der Waals surface area (Å²) in [5.74, 6) is 0.379. The van der Waals surface area contributed by atoms with E-state index in [2.05, 4.69) is 5.32 Å². The number of dihydropyridines is 1. The Morgan fingerprint density at radius 3 is 2.29 bits per heavy atom. The number of ketones is 1. The molecular weight excluding hydrogens is 486 g/mol. The Morgan fingerprint density at radius 2 is 1.63 bits per heavy atom. The highest BCUT2D eigenvalue weighted by atomic mass is 16.5. The third-order valence-corrected chi connectivity index (χ3v) is 7.01. The first-order valence-corrected chi connectivity index (χ1v) is 12.7. The Balaban J connectivity index is 1.78. The number of Topliss-reactive ketones (excluding diaryl/α,β-unsaturated/α-hetero) is 1. The summed E-state index contributed by atoms with van der Waals surface area (Å²) in [6, 6.07) is 10.6. The van der Waals surface area contributed by atoms with Crippen molar-refractivity contribution in [1.82, 2.24) is 5.32 Å². The van der Waals surface area contributed by atoms with Crippen molar-refractivity contribution < 1.29 is 33.6 Å². The second kappa shape index (κ2) is 11.2. The van der Waals surface area contributed by atoms with Crippen LogP contribution >= 0.6 is 0 Å². The second-order valence-corrected chi connectivity index (χ2v) is 10.1. The summed E-state index contributed by atoms with van der Waals surface area (Å²) >= 11 is 0. The molecule has 2 aromatic rings. The van der Waals surface area contributed by atoms with Gasteiger partial charge in [-0.25, -0.2) is 4.79 Å². The van der Waals surface area contributed by atoms with Crippen molar-refractivity contribution in [3.05, 3.63) is 70.1 Å². The number of esters is 1. The van der Waals surface area contributed by atoms with Gasteiger partial charge >= 0.3 is 5.97 Å². The van der Waals surface area contributed by atoms with Crippen molar-refractivity contribution in [2.45, 2.75) is 45.4 Å². The Labute approximate surface area is 223 Å². The molecule has 0 fully saturated rings. The van der Waals surface area contributed by atoms with Gasteiger partial charge in [0.1, 0.15) is 0 Å². The molecule has 202 valence electrons. The summed E-state index contributed by atoms with van der Waals surface area (Å²) < 4.78 is 21.8. The zero-order valence-corrected chi connectivity index (χ0v) is 22.7. The SMILES string of the molecule is COc1cc([C@H]2C(C(=O)OCC(C)C)=C(C)NC3=C2C(=O)C[C@@H](c2ccc(OC)c(OC)c2)C3)ccc1O. The van der Waals surface area contributed by atoms with Crippen molar-refractivity contribution in [3.63, 3.8) is 0 Å². The van der Waals surface area contributed by atoms with E-state index < -0.39 is 11.9 Å². The molecule has 0 bridgehead atoms. The molecule has 2 N–H and O–H groups in total. The summed E-state index contributed by atoms with van der Waals surface area (Å²) in [4.78, 5) is 27.2. The molecule has 1 aliphatic carbocycles. The van der Waals surface area contributed by atoms with E-state index in [4.69, 9.17) is 18.9 Å². The molecule has 1 aliphatic heterocycles. The maximum atomic E-state index is 13.8. The molecule has 1 heterocycles. The summed E-state index contributed by atoms with van der Waals surface area (Å²) in [6.07, 6.45) is 0.850. The number of allylic oxidation sites excluding steroid dienone is 3. The van der Waals surface area contributed by atoms with Crippen LogP contribution in [0.4, 0.5) is 0 Å². The number of phenols is 1. The fourth-order valence-corrected chi connectivity index (χ4v) is 5.18. The Morgan fingerprint density at radius 1 is 0.974 bits per heavy atom. The van der Waals surface area contributed by atoms with Crippen LogP contribution in [0.25, 0.3) is 0 Å². The van der Waals surface area contributed by atoms with E-state index in [-0.39, 0.29) is 42.1 Å². The molecule has 38 heavy (non-hydrogen) atoms. The zero-order chi connectivity index (χ0) is 27.6. The van der Waals surface area contributed by atoms with Crippen LogP contribution in [0.2, 0.25) is 0 Å². The molecule has 0 spiro atoms. The molecule has 2 aliphatic rings. The normalized spacial score (nSPS) is 19.2. The van der Waals surface area contributed by atoms with E-state index in [1.54, 1.807) is 26.4 Å². The van der Waals surface area contributed by atoms with Gasteiger partial charge in [0.2, 0.25) is 0 Å². The Hall–Kier alpha value is -3.94. The van der Waals surface area contributed by atoms with Crippen molar-refractivity contribution in [1.29, 1.82) is 0 Å². The maximum Gasteiger partial charge on any atom is 0.336 e. The third kappa shape index (κ3) is 5.21. The predicted octanol–water partition coefficient (Wildman–Crippen LogP) is 4.98. The molecule has 8 nitrogen and oxygen atoms in total. The van der Waals surface area contributed by atoms with Crippen molar-refractivity contribution >= 4 is 11.8 Å². The number of nitrogens with one attached hydrogen (secondary N) is 1. The molecule has 2 aromatic carbocycles. The zero-order valence-electron chi connectivity index (χ0n) is 22.7. The number of benzene rings is 2. The Bertz CT molecular complexity index is 1310. The molecule has 0 unspecified atom stereocenters. The lowest BCUT2D eigenvalue weighted by atomic mass is 9.71. The monoisotopic (exact) mass is 521 g/mol. The van der Waals surface area contributed by atoms with Gasteiger partial charge in [-0.1, -0.05) is 26.0 Å². The van der Waals surface area contributed by atoms with Crippen LogP contribution in [0.15, 0.2) is 58.9 Å². The molecule has 2 atom stereocenters. The molecule has 0 aromatic heterocycles. The molecule has 8 heteroatoms. The second-order valence-electron chi connectivity index (χ2n) is 10.1. The van der Waals surface area contributed by atoms with Crippen molar-refractivity contribution in [3.8, 4) is 23.0 Å². The minimum atomic E-state index is -0.653. The first-order valence-electron chi connectivity index (χ1n) is 12.7. The Kier molecular flexibility index (Phi) is 7.99. The van der Waals surface area contributed by atoms with E-state index in [9.17, 15) is 14.7 Å². The van der Waals surface area contributed by atoms with Gasteiger partial charge in [0.15, 0.2) is 28.8 Å². The first kappa shape index (κ1) is 27.1. The molecule has 0 amide bonds. The topological polar surface area (TPSA) is 103 Å². The number of phenolic OH excluding ortho intramolecular Hbond substituents is 1. The number of hydrogen-bond donors (Lipinski definition) is 2. The number of carbonyl (C=O) groups excluding carboxylic acids is 2. The van der Waals surface area contributed by atoms with Gasteiger partial charge < -0.3 is 29.4 Å². The molecule has 4 rings (SSSR count). The molecule has 0 radical (unpaired) electrons. The van der Waals surface area contributed by atoms with Gasteiger partial charge in [-0.15, -0.1) is 0 Å². The number of hydrogen-bond acceptors (Lipinski definition) is 8. The van der Waals surface area contributed by atoms with Crippen LogP contribution in [0.5, 0.6) is 23.0 Å². The van der Waals surface area contributed by atoms with Crippen LogP contribution in [0, 0.1) is 5.92 Å². The predicted molar refractivity (Wildman–Crippen MR) is 143 cm³/mol. The van der Waals surface area contributed by atoms with E-state index in [1.807, 2.05) is 39.0 Å². The lowest BCUT2D eigenvalue weighted by Crippen LogP contribution is -2.36. The minimum absolute atomic E-state index is 0.0208. The summed E-state index contributed by atoms with van der Waals surface area (Å²) in [6.45, 7) is 6.03. The number of ether oxygens (including phenoxy) is 4. The van der Waals surface area contributed by atoms with Gasteiger partial charge in [-0.2, -0.15) is 0 Å². The van der Waals surface area contributed by atoms with Crippen LogP contribution in [0.3, 0.4) is 0 Å². The van der Waals surface area contributed by atoms with E-state index in [0.29, 0.717) is 40.3 Å². The lowest BCUT2D eigenvalue weighted by Gasteiger charge is -2.37. The average molecular weight is 522 g/mol. The molecule has 0 saturated carbocycles. The van der Waals surface area contributed by atoms with E-state index in [0.717, 1.165) is 11.3 Å².